The summed E-state index contributed by atoms with van der Waals surface area (Å²) in [7, 11) is 2.12. The van der Waals surface area contributed by atoms with Gasteiger partial charge in [-0.1, -0.05) is 6.92 Å². The lowest BCUT2D eigenvalue weighted by Crippen LogP contribution is -2.37. The molecular weight excluding hydrogens is 364 g/mol. The van der Waals surface area contributed by atoms with E-state index in [2.05, 4.69) is 35.9 Å². The van der Waals surface area contributed by atoms with Crippen LogP contribution in [-0.4, -0.2) is 55.6 Å². The lowest BCUT2D eigenvalue weighted by atomic mass is 10.1. The van der Waals surface area contributed by atoms with Crippen LogP contribution < -0.4 is 0 Å². The molecule has 1 amide bonds. The highest BCUT2D eigenvalue weighted by Gasteiger charge is 2.35. The summed E-state index contributed by atoms with van der Waals surface area (Å²) >= 11 is 0. The molecule has 4 rings (SSSR count). The van der Waals surface area contributed by atoms with Crippen molar-refractivity contribution in [3.63, 3.8) is 0 Å². The van der Waals surface area contributed by atoms with E-state index >= 15 is 0 Å². The summed E-state index contributed by atoms with van der Waals surface area (Å²) < 4.78 is 1.98. The molecule has 0 unspecified atom stereocenters. The predicted molar refractivity (Wildman–Crippen MR) is 111 cm³/mol. The van der Waals surface area contributed by atoms with E-state index in [0.717, 1.165) is 61.8 Å². The minimum absolute atomic E-state index is 0.00269. The van der Waals surface area contributed by atoms with Gasteiger partial charge in [0, 0.05) is 49.2 Å². The Balaban J connectivity index is 1.50. The molecule has 4 heterocycles. The predicted octanol–water partition coefficient (Wildman–Crippen LogP) is 2.59. The van der Waals surface area contributed by atoms with Crippen molar-refractivity contribution in [1.29, 1.82) is 0 Å². The average molecular weight is 397 g/mol. The molecule has 2 aromatic rings. The van der Waals surface area contributed by atoms with E-state index in [1.165, 1.54) is 11.1 Å². The van der Waals surface area contributed by atoms with Crippen molar-refractivity contribution in [3.05, 3.63) is 40.2 Å². The third-order valence-electron chi connectivity index (χ3n) is 6.59. The first kappa shape index (κ1) is 20.0. The van der Waals surface area contributed by atoms with Crippen LogP contribution in [0.1, 0.15) is 59.8 Å². The minimum atomic E-state index is -0.126. The highest BCUT2D eigenvalue weighted by atomic mass is 16.2. The lowest BCUT2D eigenvalue weighted by Gasteiger charge is -2.28. The van der Waals surface area contributed by atoms with Crippen molar-refractivity contribution in [3.8, 4) is 0 Å². The molecule has 156 valence electrons. The summed E-state index contributed by atoms with van der Waals surface area (Å²) in [5.41, 5.74) is 5.75. The zero-order chi connectivity index (χ0) is 20.7. The smallest absolute Gasteiger partial charge is 0.227 e. The standard InChI is InChI=1S/C22H32N6O/c1-14(12-28-17(4)15(2)16(3)25-28)22(29)27-9-6-7-20(27)21-23-11-18-13-26(5)10-8-19(18)24-21/h11,14,20H,6-10,12-13H2,1-5H3/t14-,20-/m0/s1. The van der Waals surface area contributed by atoms with Crippen LogP contribution in [0.15, 0.2) is 6.20 Å². The largest absolute Gasteiger partial charge is 0.332 e. The van der Waals surface area contributed by atoms with Crippen LogP contribution in [0.4, 0.5) is 0 Å². The summed E-state index contributed by atoms with van der Waals surface area (Å²) in [6, 6.07) is -0.00269. The summed E-state index contributed by atoms with van der Waals surface area (Å²) in [5, 5.41) is 4.61. The number of nitrogens with zero attached hydrogens (tertiary/aromatic N) is 6. The summed E-state index contributed by atoms with van der Waals surface area (Å²) in [5.74, 6) is 0.867. The molecule has 0 bridgehead atoms. The second-order valence-corrected chi connectivity index (χ2v) is 8.76. The molecule has 7 heteroatoms. The van der Waals surface area contributed by atoms with Crippen LogP contribution in [0.2, 0.25) is 0 Å². The molecule has 0 radical (unpaired) electrons. The normalized spacial score (nSPS) is 20.7. The second-order valence-electron chi connectivity index (χ2n) is 8.76. The van der Waals surface area contributed by atoms with Gasteiger partial charge in [-0.3, -0.25) is 9.48 Å². The summed E-state index contributed by atoms with van der Waals surface area (Å²) in [6.45, 7) is 11.5. The van der Waals surface area contributed by atoms with Crippen LogP contribution >= 0.6 is 0 Å². The number of rotatable bonds is 4. The van der Waals surface area contributed by atoms with E-state index in [4.69, 9.17) is 4.98 Å². The molecule has 2 aromatic heterocycles. The molecule has 0 aromatic carbocycles. The van der Waals surface area contributed by atoms with E-state index in [-0.39, 0.29) is 17.9 Å². The highest BCUT2D eigenvalue weighted by Crippen LogP contribution is 2.32. The number of hydrogen-bond donors (Lipinski definition) is 0. The third kappa shape index (κ3) is 3.80. The van der Waals surface area contributed by atoms with Gasteiger partial charge in [0.15, 0.2) is 5.82 Å². The monoisotopic (exact) mass is 396 g/mol. The number of amides is 1. The van der Waals surface area contributed by atoms with Gasteiger partial charge in [0.25, 0.3) is 0 Å². The molecule has 2 aliphatic rings. The maximum absolute atomic E-state index is 13.3. The van der Waals surface area contributed by atoms with Gasteiger partial charge in [-0.05, 0) is 46.2 Å². The Morgan fingerprint density at radius 3 is 2.79 bits per heavy atom. The Morgan fingerprint density at radius 2 is 2.07 bits per heavy atom. The van der Waals surface area contributed by atoms with Crippen LogP contribution in [0.3, 0.4) is 0 Å². The van der Waals surface area contributed by atoms with Crippen LogP contribution in [-0.2, 0) is 24.3 Å². The Labute approximate surface area is 173 Å². The van der Waals surface area contributed by atoms with Crippen molar-refractivity contribution in [1.82, 2.24) is 29.5 Å². The number of likely N-dealkylation sites (N-methyl/N-ethyl adjacent to an activating group) is 1. The Bertz CT molecular complexity index is 920. The van der Waals surface area contributed by atoms with E-state index < -0.39 is 0 Å². The maximum Gasteiger partial charge on any atom is 0.227 e. The number of hydrogen-bond acceptors (Lipinski definition) is 5. The van der Waals surface area contributed by atoms with E-state index in [9.17, 15) is 4.79 Å². The fraction of sp³-hybridized carbons (Fsp3) is 0.636. The molecular formula is C22H32N6O. The van der Waals surface area contributed by atoms with Crippen molar-refractivity contribution in [2.75, 3.05) is 20.1 Å². The van der Waals surface area contributed by atoms with Crippen molar-refractivity contribution < 1.29 is 4.79 Å². The van der Waals surface area contributed by atoms with Gasteiger partial charge >= 0.3 is 0 Å². The molecule has 1 saturated heterocycles. The number of carbonyl (C=O) groups is 1. The highest BCUT2D eigenvalue weighted by molar-refractivity contribution is 5.79. The van der Waals surface area contributed by atoms with Crippen LogP contribution in [0, 0.1) is 26.7 Å². The molecule has 2 aliphatic heterocycles. The summed E-state index contributed by atoms with van der Waals surface area (Å²) in [6.07, 6.45) is 4.87. The van der Waals surface area contributed by atoms with Crippen LogP contribution in [0.5, 0.6) is 0 Å². The number of aromatic nitrogens is 4. The summed E-state index contributed by atoms with van der Waals surface area (Å²) in [4.78, 5) is 27.1. The van der Waals surface area contributed by atoms with Crippen LogP contribution in [0.25, 0.3) is 0 Å². The first-order chi connectivity index (χ1) is 13.8. The van der Waals surface area contributed by atoms with Gasteiger partial charge in [-0.25, -0.2) is 9.97 Å². The van der Waals surface area contributed by atoms with Gasteiger partial charge in [-0.2, -0.15) is 5.10 Å². The second kappa shape index (κ2) is 7.86. The number of carbonyl (C=O) groups excluding carboxylic acids is 1. The van der Waals surface area contributed by atoms with E-state index in [1.54, 1.807) is 0 Å². The zero-order valence-electron chi connectivity index (χ0n) is 18.3. The fourth-order valence-electron chi connectivity index (χ4n) is 4.52. The van der Waals surface area contributed by atoms with Gasteiger partial charge in [-0.15, -0.1) is 0 Å². The van der Waals surface area contributed by atoms with Gasteiger partial charge in [0.1, 0.15) is 0 Å². The Kier molecular flexibility index (Phi) is 5.42. The van der Waals surface area contributed by atoms with E-state index in [0.29, 0.717) is 6.54 Å². The number of aryl methyl sites for hydroxylation is 1. The minimum Gasteiger partial charge on any atom is -0.332 e. The van der Waals surface area contributed by atoms with Crippen molar-refractivity contribution in [2.45, 2.75) is 66.1 Å². The first-order valence-electron chi connectivity index (χ1n) is 10.7. The molecule has 0 spiro atoms. The maximum atomic E-state index is 13.3. The van der Waals surface area contributed by atoms with Gasteiger partial charge in [0.05, 0.1) is 24.2 Å². The van der Waals surface area contributed by atoms with Crippen molar-refractivity contribution in [2.24, 2.45) is 5.92 Å². The third-order valence-corrected chi connectivity index (χ3v) is 6.59. The number of likely N-dealkylation sites (tertiary alicyclic amines) is 1. The fourth-order valence-corrected chi connectivity index (χ4v) is 4.52. The molecule has 7 nitrogen and oxygen atoms in total. The molecule has 1 fully saturated rings. The molecule has 0 saturated carbocycles. The SMILES string of the molecule is Cc1nn(C[C@H](C)C(=O)N2CCC[C@H]2c2ncc3c(n2)CCN(C)C3)c(C)c1C. The molecule has 0 N–H and O–H groups in total. The quantitative estimate of drug-likeness (QED) is 0.795. The molecule has 29 heavy (non-hydrogen) atoms. The van der Waals surface area contributed by atoms with Gasteiger partial charge < -0.3 is 9.80 Å². The lowest BCUT2D eigenvalue weighted by molar-refractivity contribution is -0.136. The topological polar surface area (TPSA) is 67.2 Å². The first-order valence-corrected chi connectivity index (χ1v) is 10.7. The average Bonchev–Trinajstić information content (AvgIpc) is 3.28. The Morgan fingerprint density at radius 1 is 1.28 bits per heavy atom. The van der Waals surface area contributed by atoms with Crippen molar-refractivity contribution >= 4 is 5.91 Å². The molecule has 0 aliphatic carbocycles. The van der Waals surface area contributed by atoms with E-state index in [1.807, 2.05) is 29.6 Å². The number of fused-ring (bicyclic) bond motifs is 1. The molecule has 2 atom stereocenters. The zero-order valence-corrected chi connectivity index (χ0v) is 18.3. The Hall–Kier alpha value is -2.28. The van der Waals surface area contributed by atoms with Gasteiger partial charge in [0.2, 0.25) is 5.91 Å².